The molecule has 0 radical (unpaired) electrons. The summed E-state index contributed by atoms with van der Waals surface area (Å²) in [6, 6.07) is 11.8. The van der Waals surface area contributed by atoms with E-state index in [2.05, 4.69) is 0 Å². The fourth-order valence-electron chi connectivity index (χ4n) is 5.02. The van der Waals surface area contributed by atoms with Crippen LogP contribution < -0.4 is 14.5 Å². The van der Waals surface area contributed by atoms with Gasteiger partial charge in [-0.05, 0) is 48.7 Å². The van der Waals surface area contributed by atoms with Crippen LogP contribution in [0, 0.1) is 29.5 Å². The number of hydrogen-bond donors (Lipinski definition) is 0. The van der Waals surface area contributed by atoms with Gasteiger partial charge in [-0.3, -0.25) is 19.2 Å². The number of rotatable bonds is 4. The zero-order chi connectivity index (χ0) is 24.0. The molecule has 0 spiro atoms. The third kappa shape index (κ3) is 3.79. The Morgan fingerprint density at radius 2 is 1.79 bits per heavy atom. The SMILES string of the molecule is C[C@@H]1C=CC[C@@H]2C(=O)N(c3cccc(OC(=O)[C@@H]4CC(=O)N(c5ccc(F)cc5)C4)c3)C(=O)[C@@H]12. The zero-order valence-electron chi connectivity index (χ0n) is 18.5. The summed E-state index contributed by atoms with van der Waals surface area (Å²) in [5.41, 5.74) is 0.872. The minimum absolute atomic E-state index is 0.0206. The summed E-state index contributed by atoms with van der Waals surface area (Å²) in [7, 11) is 0. The Balaban J connectivity index is 1.30. The Hall–Kier alpha value is -3.81. The molecule has 2 aromatic carbocycles. The number of fused-ring (bicyclic) bond motifs is 1. The molecule has 174 valence electrons. The van der Waals surface area contributed by atoms with Gasteiger partial charge in [0.15, 0.2) is 0 Å². The average Bonchev–Trinajstić information content (AvgIpc) is 3.33. The highest BCUT2D eigenvalue weighted by molar-refractivity contribution is 6.22. The van der Waals surface area contributed by atoms with Gasteiger partial charge in [-0.2, -0.15) is 0 Å². The summed E-state index contributed by atoms with van der Waals surface area (Å²) in [6.45, 7) is 2.05. The van der Waals surface area contributed by atoms with Crippen molar-refractivity contribution in [1.29, 1.82) is 0 Å². The summed E-state index contributed by atoms with van der Waals surface area (Å²) in [6.07, 6.45) is 4.42. The van der Waals surface area contributed by atoms with Crippen LogP contribution in [-0.4, -0.2) is 30.2 Å². The topological polar surface area (TPSA) is 84.0 Å². The normalized spacial score (nSPS) is 26.2. The maximum Gasteiger partial charge on any atom is 0.316 e. The van der Waals surface area contributed by atoms with Crippen LogP contribution in [0.15, 0.2) is 60.7 Å². The molecule has 0 aromatic heterocycles. The summed E-state index contributed by atoms with van der Waals surface area (Å²) < 4.78 is 18.7. The standard InChI is InChI=1S/C26H23FN2O5/c1-15-4-2-7-21-23(15)25(32)29(24(21)31)19-5-3-6-20(13-19)34-26(33)16-12-22(30)28(14-16)18-10-8-17(27)9-11-18/h2-6,8-11,13,15-16,21,23H,7,12,14H2,1H3/t15-,16-,21+,23+/m1/s1. The lowest BCUT2D eigenvalue weighted by atomic mass is 9.78. The van der Waals surface area contributed by atoms with Crippen molar-refractivity contribution >= 4 is 35.1 Å². The molecular formula is C26H23FN2O5. The minimum atomic E-state index is -0.689. The molecule has 3 amide bonds. The molecule has 4 atom stereocenters. The Morgan fingerprint density at radius 1 is 1.03 bits per heavy atom. The fraction of sp³-hybridized carbons (Fsp3) is 0.308. The number of nitrogens with zero attached hydrogens (tertiary/aromatic N) is 2. The van der Waals surface area contributed by atoms with E-state index in [1.54, 1.807) is 18.2 Å². The zero-order valence-corrected chi connectivity index (χ0v) is 18.5. The first-order chi connectivity index (χ1) is 16.3. The first kappa shape index (κ1) is 22.0. The van der Waals surface area contributed by atoms with Crippen molar-refractivity contribution in [2.45, 2.75) is 19.8 Å². The molecule has 34 heavy (non-hydrogen) atoms. The van der Waals surface area contributed by atoms with Gasteiger partial charge >= 0.3 is 5.97 Å². The highest BCUT2D eigenvalue weighted by atomic mass is 19.1. The number of allylic oxidation sites excluding steroid dienone is 2. The van der Waals surface area contributed by atoms with Crippen LogP contribution in [0.5, 0.6) is 5.75 Å². The van der Waals surface area contributed by atoms with Crippen molar-refractivity contribution < 1.29 is 28.3 Å². The van der Waals surface area contributed by atoms with E-state index in [4.69, 9.17) is 4.74 Å². The van der Waals surface area contributed by atoms with Crippen molar-refractivity contribution in [2.75, 3.05) is 16.3 Å². The number of ether oxygens (including phenoxy) is 1. The van der Waals surface area contributed by atoms with Gasteiger partial charge in [-0.25, -0.2) is 9.29 Å². The van der Waals surface area contributed by atoms with Gasteiger partial charge in [-0.15, -0.1) is 0 Å². The molecule has 2 heterocycles. The first-order valence-corrected chi connectivity index (χ1v) is 11.3. The first-order valence-electron chi connectivity index (χ1n) is 11.3. The molecule has 0 N–H and O–H groups in total. The maximum atomic E-state index is 13.2. The molecule has 0 saturated carbocycles. The van der Waals surface area contributed by atoms with E-state index in [-0.39, 0.29) is 54.2 Å². The largest absolute Gasteiger partial charge is 0.426 e. The molecule has 0 unspecified atom stereocenters. The summed E-state index contributed by atoms with van der Waals surface area (Å²) >= 11 is 0. The monoisotopic (exact) mass is 462 g/mol. The Bertz CT molecular complexity index is 1210. The van der Waals surface area contributed by atoms with Crippen molar-refractivity contribution in [3.8, 4) is 5.75 Å². The molecule has 2 aromatic rings. The van der Waals surface area contributed by atoms with E-state index < -0.39 is 17.7 Å². The van der Waals surface area contributed by atoms with Crippen LogP contribution in [0.3, 0.4) is 0 Å². The molecule has 2 fully saturated rings. The number of amides is 3. The maximum absolute atomic E-state index is 13.2. The molecule has 3 aliphatic rings. The van der Waals surface area contributed by atoms with Gasteiger partial charge in [0, 0.05) is 24.7 Å². The smallest absolute Gasteiger partial charge is 0.316 e. The Kier molecular flexibility index (Phi) is 5.51. The molecule has 1 aliphatic carbocycles. The fourth-order valence-corrected chi connectivity index (χ4v) is 5.02. The Labute approximate surface area is 195 Å². The van der Waals surface area contributed by atoms with Crippen LogP contribution >= 0.6 is 0 Å². The highest BCUT2D eigenvalue weighted by Crippen LogP contribution is 2.41. The molecule has 0 bridgehead atoms. The third-order valence-corrected chi connectivity index (χ3v) is 6.76. The lowest BCUT2D eigenvalue weighted by Gasteiger charge is -2.22. The molecule has 7 nitrogen and oxygen atoms in total. The van der Waals surface area contributed by atoms with Crippen LogP contribution in [0.4, 0.5) is 15.8 Å². The van der Waals surface area contributed by atoms with Crippen molar-refractivity contribution in [2.24, 2.45) is 23.7 Å². The van der Waals surface area contributed by atoms with E-state index in [1.807, 2.05) is 19.1 Å². The molecule has 8 heteroatoms. The Morgan fingerprint density at radius 3 is 2.53 bits per heavy atom. The van der Waals surface area contributed by atoms with E-state index >= 15 is 0 Å². The van der Waals surface area contributed by atoms with Gasteiger partial charge in [-0.1, -0.05) is 25.1 Å². The number of benzene rings is 2. The lowest BCUT2D eigenvalue weighted by Crippen LogP contribution is -2.31. The number of carbonyl (C=O) groups excluding carboxylic acids is 4. The van der Waals surface area contributed by atoms with E-state index in [9.17, 15) is 23.6 Å². The van der Waals surface area contributed by atoms with E-state index in [0.29, 0.717) is 17.8 Å². The van der Waals surface area contributed by atoms with Crippen molar-refractivity contribution in [3.05, 3.63) is 66.5 Å². The van der Waals surface area contributed by atoms with Crippen molar-refractivity contribution in [3.63, 3.8) is 0 Å². The summed E-state index contributed by atoms with van der Waals surface area (Å²) in [5.74, 6) is -3.01. The third-order valence-electron chi connectivity index (χ3n) is 6.76. The van der Waals surface area contributed by atoms with Gasteiger partial charge < -0.3 is 9.64 Å². The predicted molar refractivity (Wildman–Crippen MR) is 121 cm³/mol. The van der Waals surface area contributed by atoms with E-state index in [1.165, 1.54) is 40.1 Å². The number of hydrogen-bond acceptors (Lipinski definition) is 5. The molecule has 2 saturated heterocycles. The van der Waals surface area contributed by atoms with Crippen LogP contribution in [0.1, 0.15) is 19.8 Å². The van der Waals surface area contributed by atoms with Gasteiger partial charge in [0.05, 0.1) is 23.4 Å². The predicted octanol–water partition coefficient (Wildman–Crippen LogP) is 3.49. The second-order valence-electron chi connectivity index (χ2n) is 8.97. The molecule has 2 aliphatic heterocycles. The van der Waals surface area contributed by atoms with Gasteiger partial charge in [0.1, 0.15) is 11.6 Å². The molecule has 5 rings (SSSR count). The molecular weight excluding hydrogens is 439 g/mol. The summed E-state index contributed by atoms with van der Waals surface area (Å²) in [5, 5.41) is 0. The van der Waals surface area contributed by atoms with Crippen molar-refractivity contribution in [1.82, 2.24) is 0 Å². The number of carbonyl (C=O) groups is 4. The van der Waals surface area contributed by atoms with Gasteiger partial charge in [0.25, 0.3) is 0 Å². The number of anilines is 2. The second-order valence-corrected chi connectivity index (χ2v) is 8.97. The van der Waals surface area contributed by atoms with Crippen LogP contribution in [-0.2, 0) is 19.2 Å². The van der Waals surface area contributed by atoms with Crippen LogP contribution in [0.2, 0.25) is 0 Å². The quantitative estimate of drug-likeness (QED) is 0.301. The average molecular weight is 462 g/mol. The van der Waals surface area contributed by atoms with Crippen LogP contribution in [0.25, 0.3) is 0 Å². The number of esters is 1. The second kappa shape index (κ2) is 8.52. The number of halogens is 1. The highest BCUT2D eigenvalue weighted by Gasteiger charge is 2.50. The number of imide groups is 1. The minimum Gasteiger partial charge on any atom is -0.426 e. The lowest BCUT2D eigenvalue weighted by molar-refractivity contribution is -0.139. The van der Waals surface area contributed by atoms with E-state index in [0.717, 1.165) is 0 Å². The van der Waals surface area contributed by atoms with Gasteiger partial charge in [0.2, 0.25) is 17.7 Å². The summed E-state index contributed by atoms with van der Waals surface area (Å²) in [4.78, 5) is 53.8.